The second kappa shape index (κ2) is 7.09. The predicted octanol–water partition coefficient (Wildman–Crippen LogP) is 3.08. The topological polar surface area (TPSA) is 24.5 Å². The van der Waals surface area contributed by atoms with Gasteiger partial charge in [0.05, 0.1) is 0 Å². The third-order valence-corrected chi connectivity index (χ3v) is 4.29. The van der Waals surface area contributed by atoms with E-state index in [1.165, 1.54) is 18.4 Å². The van der Waals surface area contributed by atoms with Crippen molar-refractivity contribution >= 4 is 0 Å². The van der Waals surface area contributed by atoms with E-state index in [0.29, 0.717) is 12.1 Å². The number of likely N-dealkylation sites (N-methyl/N-ethyl adjacent to an activating group) is 1. The van der Waals surface area contributed by atoms with Gasteiger partial charge in [0, 0.05) is 12.1 Å². The molecule has 1 aromatic carbocycles. The quantitative estimate of drug-likeness (QED) is 0.894. The van der Waals surface area contributed by atoms with Crippen molar-refractivity contribution in [1.29, 1.82) is 0 Å². The molecule has 1 heterocycles. The van der Waals surface area contributed by atoms with Crippen molar-refractivity contribution in [3.8, 4) is 5.75 Å². The fourth-order valence-corrected chi connectivity index (χ4v) is 2.47. The molecule has 20 heavy (non-hydrogen) atoms. The van der Waals surface area contributed by atoms with Crippen molar-refractivity contribution < 1.29 is 4.74 Å². The average Bonchev–Trinajstić information content (AvgIpc) is 2.45. The van der Waals surface area contributed by atoms with Gasteiger partial charge < -0.3 is 15.0 Å². The van der Waals surface area contributed by atoms with Gasteiger partial charge in [-0.3, -0.25) is 0 Å². The Labute approximate surface area is 123 Å². The highest BCUT2D eigenvalue weighted by molar-refractivity contribution is 5.30. The monoisotopic (exact) mass is 276 g/mol. The SMILES string of the molecule is CC(COc1cccc([C@H]2CC[C@H](C)CN2)c1)N(C)C. The third kappa shape index (κ3) is 4.22. The van der Waals surface area contributed by atoms with Gasteiger partial charge in [-0.05, 0) is 64.0 Å². The minimum Gasteiger partial charge on any atom is -0.492 e. The van der Waals surface area contributed by atoms with E-state index in [1.807, 2.05) is 0 Å². The van der Waals surface area contributed by atoms with Crippen LogP contribution in [0.1, 0.15) is 38.3 Å². The molecule has 3 nitrogen and oxygen atoms in total. The molecule has 1 saturated heterocycles. The maximum absolute atomic E-state index is 5.91. The Balaban J connectivity index is 1.94. The van der Waals surface area contributed by atoms with Crippen molar-refractivity contribution in [1.82, 2.24) is 10.2 Å². The van der Waals surface area contributed by atoms with Crippen LogP contribution in [0.4, 0.5) is 0 Å². The highest BCUT2D eigenvalue weighted by Gasteiger charge is 2.19. The first-order valence-corrected chi connectivity index (χ1v) is 7.69. The molecule has 0 saturated carbocycles. The first-order chi connectivity index (χ1) is 9.56. The lowest BCUT2D eigenvalue weighted by atomic mass is 9.92. The summed E-state index contributed by atoms with van der Waals surface area (Å²) in [4.78, 5) is 2.17. The molecule has 1 fully saturated rings. The van der Waals surface area contributed by atoms with Gasteiger partial charge in [0.1, 0.15) is 12.4 Å². The van der Waals surface area contributed by atoms with Crippen LogP contribution < -0.4 is 10.1 Å². The van der Waals surface area contributed by atoms with Gasteiger partial charge in [-0.15, -0.1) is 0 Å². The number of piperidine rings is 1. The summed E-state index contributed by atoms with van der Waals surface area (Å²) in [6, 6.07) is 9.46. The largest absolute Gasteiger partial charge is 0.492 e. The number of hydrogen-bond acceptors (Lipinski definition) is 3. The molecule has 1 N–H and O–H groups in total. The summed E-state index contributed by atoms with van der Waals surface area (Å²) in [7, 11) is 4.16. The van der Waals surface area contributed by atoms with E-state index in [-0.39, 0.29) is 0 Å². The fourth-order valence-electron chi connectivity index (χ4n) is 2.47. The standard InChI is InChI=1S/C17H28N2O/c1-13-8-9-17(18-11-13)15-6-5-7-16(10-15)20-12-14(2)19(3)4/h5-7,10,13-14,17-18H,8-9,11-12H2,1-4H3/t13-,14?,17+/m0/s1. The summed E-state index contributed by atoms with van der Waals surface area (Å²) in [6.07, 6.45) is 2.53. The van der Waals surface area contributed by atoms with Gasteiger partial charge in [-0.1, -0.05) is 19.1 Å². The molecule has 3 atom stereocenters. The average molecular weight is 276 g/mol. The Bertz CT molecular complexity index is 411. The molecule has 0 bridgehead atoms. The van der Waals surface area contributed by atoms with Crippen LogP contribution in [0.25, 0.3) is 0 Å². The Hall–Kier alpha value is -1.06. The smallest absolute Gasteiger partial charge is 0.119 e. The zero-order valence-corrected chi connectivity index (χ0v) is 13.2. The minimum absolute atomic E-state index is 0.423. The van der Waals surface area contributed by atoms with Gasteiger partial charge in [-0.25, -0.2) is 0 Å². The highest BCUT2D eigenvalue weighted by atomic mass is 16.5. The maximum Gasteiger partial charge on any atom is 0.119 e. The molecular formula is C17H28N2O. The van der Waals surface area contributed by atoms with E-state index in [1.54, 1.807) is 0 Å². The Morgan fingerprint density at radius 2 is 2.15 bits per heavy atom. The van der Waals surface area contributed by atoms with Crippen molar-refractivity contribution in [2.75, 3.05) is 27.2 Å². The van der Waals surface area contributed by atoms with Crippen molar-refractivity contribution in [2.24, 2.45) is 5.92 Å². The van der Waals surface area contributed by atoms with Crippen molar-refractivity contribution in [3.05, 3.63) is 29.8 Å². The highest BCUT2D eigenvalue weighted by Crippen LogP contribution is 2.27. The zero-order chi connectivity index (χ0) is 14.5. The van der Waals surface area contributed by atoms with Gasteiger partial charge >= 0.3 is 0 Å². The second-order valence-corrected chi connectivity index (χ2v) is 6.34. The third-order valence-electron chi connectivity index (χ3n) is 4.29. The summed E-state index contributed by atoms with van der Waals surface area (Å²) in [5.41, 5.74) is 1.35. The summed E-state index contributed by atoms with van der Waals surface area (Å²) >= 11 is 0. The van der Waals surface area contributed by atoms with E-state index in [2.05, 4.69) is 62.4 Å². The zero-order valence-electron chi connectivity index (χ0n) is 13.2. The lowest BCUT2D eigenvalue weighted by Gasteiger charge is -2.28. The van der Waals surface area contributed by atoms with Crippen LogP contribution in [0, 0.1) is 5.92 Å². The van der Waals surface area contributed by atoms with Crippen LogP contribution in [0.15, 0.2) is 24.3 Å². The van der Waals surface area contributed by atoms with E-state index in [0.717, 1.165) is 24.8 Å². The number of hydrogen-bond donors (Lipinski definition) is 1. The second-order valence-electron chi connectivity index (χ2n) is 6.34. The molecule has 1 aliphatic rings. The Morgan fingerprint density at radius 3 is 2.80 bits per heavy atom. The minimum atomic E-state index is 0.423. The molecule has 1 aromatic rings. The molecule has 0 aliphatic carbocycles. The molecule has 1 unspecified atom stereocenters. The number of nitrogens with zero attached hydrogens (tertiary/aromatic N) is 1. The van der Waals surface area contributed by atoms with Crippen LogP contribution in [0.2, 0.25) is 0 Å². The number of ether oxygens (including phenoxy) is 1. The van der Waals surface area contributed by atoms with Gasteiger partial charge in [0.25, 0.3) is 0 Å². The number of benzene rings is 1. The van der Waals surface area contributed by atoms with Crippen LogP contribution >= 0.6 is 0 Å². The van der Waals surface area contributed by atoms with E-state index >= 15 is 0 Å². The normalized spacial score (nSPS) is 24.6. The molecule has 0 spiro atoms. The Morgan fingerprint density at radius 1 is 1.35 bits per heavy atom. The summed E-state index contributed by atoms with van der Waals surface area (Å²) in [5, 5.41) is 3.63. The van der Waals surface area contributed by atoms with Crippen LogP contribution in [0.3, 0.4) is 0 Å². The van der Waals surface area contributed by atoms with E-state index in [4.69, 9.17) is 4.74 Å². The molecule has 3 heteroatoms. The van der Waals surface area contributed by atoms with Crippen molar-refractivity contribution in [2.45, 2.75) is 38.8 Å². The molecule has 0 aromatic heterocycles. The Kier molecular flexibility index (Phi) is 5.44. The van der Waals surface area contributed by atoms with E-state index in [9.17, 15) is 0 Å². The molecule has 0 amide bonds. The maximum atomic E-state index is 5.91. The number of rotatable bonds is 5. The first kappa shape index (κ1) is 15.3. The number of nitrogens with one attached hydrogen (secondary N) is 1. The molecule has 0 radical (unpaired) electrons. The summed E-state index contributed by atoms with van der Waals surface area (Å²) in [5.74, 6) is 1.78. The first-order valence-electron chi connectivity index (χ1n) is 7.69. The van der Waals surface area contributed by atoms with Crippen molar-refractivity contribution in [3.63, 3.8) is 0 Å². The van der Waals surface area contributed by atoms with Crippen LogP contribution in [0.5, 0.6) is 5.75 Å². The van der Waals surface area contributed by atoms with Crippen LogP contribution in [-0.2, 0) is 0 Å². The van der Waals surface area contributed by atoms with E-state index < -0.39 is 0 Å². The fraction of sp³-hybridized carbons (Fsp3) is 0.647. The molecule has 112 valence electrons. The summed E-state index contributed by atoms with van der Waals surface area (Å²) in [6.45, 7) is 6.33. The van der Waals surface area contributed by atoms with Crippen LogP contribution in [-0.4, -0.2) is 38.2 Å². The molecule has 2 rings (SSSR count). The summed E-state index contributed by atoms with van der Waals surface area (Å²) < 4.78 is 5.91. The molecular weight excluding hydrogens is 248 g/mol. The van der Waals surface area contributed by atoms with Gasteiger partial charge in [-0.2, -0.15) is 0 Å². The predicted molar refractivity (Wildman–Crippen MR) is 84.2 cm³/mol. The lowest BCUT2D eigenvalue weighted by Crippen LogP contribution is -2.32. The van der Waals surface area contributed by atoms with Gasteiger partial charge in [0.15, 0.2) is 0 Å². The molecule has 1 aliphatic heterocycles. The lowest BCUT2D eigenvalue weighted by molar-refractivity contribution is 0.198. The van der Waals surface area contributed by atoms with Gasteiger partial charge in [0.2, 0.25) is 0 Å².